The summed E-state index contributed by atoms with van der Waals surface area (Å²) in [5, 5.41) is 15.0. The maximum Gasteiger partial charge on any atom is 0.0977 e. The van der Waals surface area contributed by atoms with Gasteiger partial charge in [-0.05, 0) is 36.8 Å². The zero-order chi connectivity index (χ0) is 14.7. The smallest absolute Gasteiger partial charge is 0.0977 e. The number of nitrogens with one attached hydrogen (secondary N) is 1. The number of benzene rings is 2. The van der Waals surface area contributed by atoms with Crippen LogP contribution in [0.25, 0.3) is 0 Å². The molecule has 2 aromatic carbocycles. The minimum atomic E-state index is -0.767. The van der Waals surface area contributed by atoms with Crippen molar-refractivity contribution in [3.63, 3.8) is 0 Å². The SMILES string of the molecule is Cc1cccc(Cl)c1NCC(O)c1cc(Cl)ccc1Cl. The molecule has 0 aliphatic heterocycles. The van der Waals surface area contributed by atoms with Crippen LogP contribution in [0, 0.1) is 6.92 Å². The van der Waals surface area contributed by atoms with Crippen molar-refractivity contribution in [1.82, 2.24) is 0 Å². The summed E-state index contributed by atoms with van der Waals surface area (Å²) < 4.78 is 0. The Morgan fingerprint density at radius 2 is 1.85 bits per heavy atom. The van der Waals surface area contributed by atoms with E-state index in [1.807, 2.05) is 19.1 Å². The van der Waals surface area contributed by atoms with Crippen molar-refractivity contribution in [2.45, 2.75) is 13.0 Å². The summed E-state index contributed by atoms with van der Waals surface area (Å²) in [4.78, 5) is 0. The normalized spacial score (nSPS) is 12.2. The fourth-order valence-electron chi connectivity index (χ4n) is 1.93. The molecule has 0 spiro atoms. The molecule has 0 amide bonds. The second kappa shape index (κ2) is 6.68. The van der Waals surface area contributed by atoms with Crippen molar-refractivity contribution in [2.75, 3.05) is 11.9 Å². The van der Waals surface area contributed by atoms with Crippen LogP contribution in [0.15, 0.2) is 36.4 Å². The van der Waals surface area contributed by atoms with Crippen molar-refractivity contribution in [1.29, 1.82) is 0 Å². The molecule has 5 heteroatoms. The van der Waals surface area contributed by atoms with E-state index < -0.39 is 6.10 Å². The van der Waals surface area contributed by atoms with E-state index in [1.165, 1.54) is 0 Å². The first-order chi connectivity index (χ1) is 9.49. The van der Waals surface area contributed by atoms with Gasteiger partial charge in [0, 0.05) is 22.2 Å². The second-order valence-electron chi connectivity index (χ2n) is 4.49. The summed E-state index contributed by atoms with van der Waals surface area (Å²) in [5.41, 5.74) is 2.42. The number of aryl methyl sites for hydroxylation is 1. The highest BCUT2D eigenvalue weighted by atomic mass is 35.5. The molecule has 0 bridgehead atoms. The minimum Gasteiger partial charge on any atom is -0.387 e. The van der Waals surface area contributed by atoms with Crippen LogP contribution >= 0.6 is 34.8 Å². The molecule has 2 N–H and O–H groups in total. The lowest BCUT2D eigenvalue weighted by molar-refractivity contribution is 0.192. The van der Waals surface area contributed by atoms with Crippen molar-refractivity contribution < 1.29 is 5.11 Å². The van der Waals surface area contributed by atoms with Crippen molar-refractivity contribution >= 4 is 40.5 Å². The molecule has 0 aromatic heterocycles. The molecule has 0 fully saturated rings. The molecular weight excluding hydrogens is 317 g/mol. The Hall–Kier alpha value is -0.930. The molecule has 20 heavy (non-hydrogen) atoms. The van der Waals surface area contributed by atoms with Gasteiger partial charge < -0.3 is 10.4 Å². The molecule has 0 saturated carbocycles. The Morgan fingerprint density at radius 3 is 2.55 bits per heavy atom. The molecule has 2 rings (SSSR count). The van der Waals surface area contributed by atoms with E-state index in [1.54, 1.807) is 24.3 Å². The van der Waals surface area contributed by atoms with E-state index in [4.69, 9.17) is 34.8 Å². The predicted molar refractivity (Wildman–Crippen MR) is 86.1 cm³/mol. The molecule has 2 aromatic rings. The van der Waals surface area contributed by atoms with Crippen LogP contribution in [0.5, 0.6) is 0 Å². The summed E-state index contributed by atoms with van der Waals surface area (Å²) in [7, 11) is 0. The Kier molecular flexibility index (Phi) is 5.17. The van der Waals surface area contributed by atoms with Crippen LogP contribution in [0.2, 0.25) is 15.1 Å². The minimum absolute atomic E-state index is 0.296. The predicted octanol–water partition coefficient (Wildman–Crippen LogP) is 5.10. The van der Waals surface area contributed by atoms with E-state index in [2.05, 4.69) is 5.32 Å². The molecule has 2 nitrogen and oxygen atoms in total. The Balaban J connectivity index is 2.13. The number of hydrogen-bond acceptors (Lipinski definition) is 2. The molecule has 0 aliphatic carbocycles. The summed E-state index contributed by atoms with van der Waals surface area (Å²) in [6.45, 7) is 2.25. The average Bonchev–Trinajstić information content (AvgIpc) is 2.40. The second-order valence-corrected chi connectivity index (χ2v) is 5.75. The highest BCUT2D eigenvalue weighted by Gasteiger charge is 2.13. The van der Waals surface area contributed by atoms with Crippen LogP contribution in [0.4, 0.5) is 5.69 Å². The van der Waals surface area contributed by atoms with Crippen LogP contribution < -0.4 is 5.32 Å². The first kappa shape index (κ1) is 15.5. The maximum absolute atomic E-state index is 10.2. The van der Waals surface area contributed by atoms with Gasteiger partial charge in [-0.3, -0.25) is 0 Å². The number of aliphatic hydroxyl groups is 1. The standard InChI is InChI=1S/C15H14Cl3NO/c1-9-3-2-4-13(18)15(9)19-8-14(20)11-7-10(16)5-6-12(11)17/h2-7,14,19-20H,8H2,1H3. The van der Waals surface area contributed by atoms with Crippen LogP contribution in [-0.2, 0) is 0 Å². The molecule has 106 valence electrons. The van der Waals surface area contributed by atoms with Crippen LogP contribution in [0.3, 0.4) is 0 Å². The number of para-hydroxylation sites is 1. The molecular formula is C15H14Cl3NO. The van der Waals surface area contributed by atoms with Gasteiger partial charge in [-0.1, -0.05) is 46.9 Å². The van der Waals surface area contributed by atoms with E-state index in [0.29, 0.717) is 27.2 Å². The van der Waals surface area contributed by atoms with Gasteiger partial charge in [0.05, 0.1) is 16.8 Å². The highest BCUT2D eigenvalue weighted by Crippen LogP contribution is 2.29. The molecule has 1 unspecified atom stereocenters. The van der Waals surface area contributed by atoms with Gasteiger partial charge in [0.25, 0.3) is 0 Å². The van der Waals surface area contributed by atoms with E-state index in [-0.39, 0.29) is 0 Å². The molecule has 0 aliphatic rings. The largest absolute Gasteiger partial charge is 0.387 e. The van der Waals surface area contributed by atoms with Gasteiger partial charge in [-0.2, -0.15) is 0 Å². The molecule has 0 radical (unpaired) electrons. The monoisotopic (exact) mass is 329 g/mol. The van der Waals surface area contributed by atoms with E-state index >= 15 is 0 Å². The summed E-state index contributed by atoms with van der Waals surface area (Å²) in [6, 6.07) is 10.7. The Morgan fingerprint density at radius 1 is 1.10 bits per heavy atom. The number of rotatable bonds is 4. The third-order valence-electron chi connectivity index (χ3n) is 3.01. The number of hydrogen-bond donors (Lipinski definition) is 2. The van der Waals surface area contributed by atoms with Gasteiger partial charge in [-0.15, -0.1) is 0 Å². The van der Waals surface area contributed by atoms with Crippen molar-refractivity contribution in [2.24, 2.45) is 0 Å². The maximum atomic E-state index is 10.2. The third kappa shape index (κ3) is 3.58. The lowest BCUT2D eigenvalue weighted by atomic mass is 10.1. The fourth-order valence-corrected chi connectivity index (χ4v) is 2.65. The van der Waals surface area contributed by atoms with Crippen LogP contribution in [0.1, 0.15) is 17.2 Å². The number of aliphatic hydroxyl groups excluding tert-OH is 1. The summed E-state index contributed by atoms with van der Waals surface area (Å²) >= 11 is 18.1. The quantitative estimate of drug-likeness (QED) is 0.817. The first-order valence-electron chi connectivity index (χ1n) is 6.11. The third-order valence-corrected chi connectivity index (χ3v) is 3.91. The molecule has 0 saturated heterocycles. The lowest BCUT2D eigenvalue weighted by Crippen LogP contribution is -2.13. The van der Waals surface area contributed by atoms with Gasteiger partial charge >= 0.3 is 0 Å². The fraction of sp³-hybridized carbons (Fsp3) is 0.200. The van der Waals surface area contributed by atoms with E-state index in [9.17, 15) is 5.11 Å². The average molecular weight is 331 g/mol. The number of halogens is 3. The Bertz CT molecular complexity index is 596. The summed E-state index contributed by atoms with van der Waals surface area (Å²) in [5.74, 6) is 0. The van der Waals surface area contributed by atoms with Gasteiger partial charge in [0.2, 0.25) is 0 Å². The zero-order valence-corrected chi connectivity index (χ0v) is 13.1. The van der Waals surface area contributed by atoms with E-state index in [0.717, 1.165) is 11.3 Å². The lowest BCUT2D eigenvalue weighted by Gasteiger charge is -2.17. The van der Waals surface area contributed by atoms with Crippen molar-refractivity contribution in [3.8, 4) is 0 Å². The van der Waals surface area contributed by atoms with Gasteiger partial charge in [-0.25, -0.2) is 0 Å². The molecule has 1 atom stereocenters. The van der Waals surface area contributed by atoms with Crippen LogP contribution in [-0.4, -0.2) is 11.7 Å². The zero-order valence-electron chi connectivity index (χ0n) is 10.8. The van der Waals surface area contributed by atoms with Crippen molar-refractivity contribution in [3.05, 3.63) is 62.6 Å². The number of anilines is 1. The Labute approximate surface area is 133 Å². The highest BCUT2D eigenvalue weighted by molar-refractivity contribution is 6.34. The van der Waals surface area contributed by atoms with Gasteiger partial charge in [0.15, 0.2) is 0 Å². The summed E-state index contributed by atoms with van der Waals surface area (Å²) in [6.07, 6.45) is -0.767. The van der Waals surface area contributed by atoms with Gasteiger partial charge in [0.1, 0.15) is 0 Å². The topological polar surface area (TPSA) is 32.3 Å². The first-order valence-corrected chi connectivity index (χ1v) is 7.24. The molecule has 0 heterocycles.